The fourth-order valence-electron chi connectivity index (χ4n) is 2.34. The number of hydrogen-bond acceptors (Lipinski definition) is 6. The van der Waals surface area contributed by atoms with Gasteiger partial charge in [-0.25, -0.2) is 9.69 Å². The van der Waals surface area contributed by atoms with Crippen molar-refractivity contribution >= 4 is 36.3 Å². The molecular weight excluding hydrogens is 346 g/mol. The third-order valence-corrected chi connectivity index (χ3v) is 4.20. The molecule has 1 aromatic carbocycles. The van der Waals surface area contributed by atoms with Crippen molar-refractivity contribution in [3.8, 4) is 0 Å². The van der Waals surface area contributed by atoms with Crippen LogP contribution in [0.4, 0.5) is 0 Å². The normalized spacial score (nSPS) is 16.8. The van der Waals surface area contributed by atoms with Gasteiger partial charge in [-0.1, -0.05) is 30.3 Å². The highest BCUT2D eigenvalue weighted by atomic mass is 32.1. The molecule has 0 spiro atoms. The third kappa shape index (κ3) is 3.57. The van der Waals surface area contributed by atoms with Crippen molar-refractivity contribution in [3.63, 3.8) is 0 Å². The summed E-state index contributed by atoms with van der Waals surface area (Å²) in [6.45, 7) is 1.45. The van der Waals surface area contributed by atoms with E-state index in [1.54, 1.807) is 30.3 Å². The van der Waals surface area contributed by atoms with Crippen molar-refractivity contribution in [1.29, 1.82) is 0 Å². The summed E-state index contributed by atoms with van der Waals surface area (Å²) in [5.74, 6) is -3.70. The van der Waals surface area contributed by atoms with Crippen LogP contribution in [-0.4, -0.2) is 45.5 Å². The zero-order chi connectivity index (χ0) is 18.7. The molecule has 1 heterocycles. The predicted octanol–water partition coefficient (Wildman–Crippen LogP) is -0.172. The van der Waals surface area contributed by atoms with Gasteiger partial charge in [0.1, 0.15) is 11.7 Å². The molecular formula is C16H17N3O5S. The SMILES string of the molecule is CC(CS)=C(C(=O)O)N1C(=O)C(NC(=O)[C@H](N)c2ccccc2)C1=O. The highest BCUT2D eigenvalue weighted by molar-refractivity contribution is 7.80. The van der Waals surface area contributed by atoms with E-state index in [4.69, 9.17) is 5.73 Å². The number of rotatable bonds is 6. The van der Waals surface area contributed by atoms with Crippen molar-refractivity contribution in [3.05, 3.63) is 47.2 Å². The van der Waals surface area contributed by atoms with Gasteiger partial charge in [0, 0.05) is 5.75 Å². The largest absolute Gasteiger partial charge is 0.477 e. The topological polar surface area (TPSA) is 130 Å². The Morgan fingerprint density at radius 1 is 1.28 bits per heavy atom. The van der Waals surface area contributed by atoms with E-state index in [-0.39, 0.29) is 11.3 Å². The number of amides is 3. The van der Waals surface area contributed by atoms with Gasteiger partial charge in [0.2, 0.25) is 5.91 Å². The first kappa shape index (κ1) is 18.7. The van der Waals surface area contributed by atoms with Crippen LogP contribution >= 0.6 is 12.6 Å². The Kier molecular flexibility index (Phi) is 5.60. The molecule has 0 unspecified atom stereocenters. The molecule has 3 amide bonds. The Morgan fingerprint density at radius 3 is 2.32 bits per heavy atom. The van der Waals surface area contributed by atoms with Crippen LogP contribution in [0, 0.1) is 0 Å². The summed E-state index contributed by atoms with van der Waals surface area (Å²) in [5, 5.41) is 11.5. The molecule has 0 saturated carbocycles. The maximum absolute atomic E-state index is 12.2. The highest BCUT2D eigenvalue weighted by Gasteiger charge is 2.51. The zero-order valence-corrected chi connectivity index (χ0v) is 14.2. The quantitative estimate of drug-likeness (QED) is 0.240. The lowest BCUT2D eigenvalue weighted by atomic mass is 10.0. The molecule has 25 heavy (non-hydrogen) atoms. The predicted molar refractivity (Wildman–Crippen MR) is 91.3 cm³/mol. The monoisotopic (exact) mass is 363 g/mol. The Bertz CT molecular complexity index is 746. The lowest BCUT2D eigenvalue weighted by Gasteiger charge is -2.37. The summed E-state index contributed by atoms with van der Waals surface area (Å²) in [5.41, 5.74) is 6.14. The van der Waals surface area contributed by atoms with E-state index >= 15 is 0 Å². The number of nitrogens with one attached hydrogen (secondary N) is 1. The molecule has 4 N–H and O–H groups in total. The fourth-order valence-corrected chi connectivity index (χ4v) is 2.49. The van der Waals surface area contributed by atoms with Gasteiger partial charge in [0.25, 0.3) is 11.8 Å². The minimum Gasteiger partial charge on any atom is -0.477 e. The molecule has 1 aliphatic rings. The molecule has 0 aliphatic carbocycles. The van der Waals surface area contributed by atoms with Crippen LogP contribution in [-0.2, 0) is 19.2 Å². The summed E-state index contributed by atoms with van der Waals surface area (Å²) < 4.78 is 0. The maximum Gasteiger partial charge on any atom is 0.353 e. The smallest absolute Gasteiger partial charge is 0.353 e. The van der Waals surface area contributed by atoms with Crippen LogP contribution in [0.2, 0.25) is 0 Å². The Balaban J connectivity index is 2.12. The van der Waals surface area contributed by atoms with Gasteiger partial charge >= 0.3 is 5.97 Å². The van der Waals surface area contributed by atoms with Crippen LogP contribution in [0.3, 0.4) is 0 Å². The van der Waals surface area contributed by atoms with Gasteiger partial charge in [0.05, 0.1) is 0 Å². The molecule has 132 valence electrons. The molecule has 9 heteroatoms. The highest BCUT2D eigenvalue weighted by Crippen LogP contribution is 2.23. The van der Waals surface area contributed by atoms with Crippen molar-refractivity contribution in [2.75, 3.05) is 5.75 Å². The van der Waals surface area contributed by atoms with Gasteiger partial charge in [-0.15, -0.1) is 0 Å². The average Bonchev–Trinajstić information content (AvgIpc) is 2.62. The second-order valence-electron chi connectivity index (χ2n) is 5.43. The van der Waals surface area contributed by atoms with E-state index in [9.17, 15) is 24.3 Å². The number of nitrogens with two attached hydrogens (primary N) is 1. The molecule has 1 saturated heterocycles. The van der Waals surface area contributed by atoms with Gasteiger partial charge in [-0.2, -0.15) is 12.6 Å². The van der Waals surface area contributed by atoms with E-state index in [1.807, 2.05) is 0 Å². The summed E-state index contributed by atoms with van der Waals surface area (Å²) in [6.07, 6.45) is 0. The minimum absolute atomic E-state index is 0.0641. The van der Waals surface area contributed by atoms with Gasteiger partial charge in [-0.05, 0) is 18.1 Å². The Labute approximate surface area is 149 Å². The van der Waals surface area contributed by atoms with Gasteiger partial charge in [0.15, 0.2) is 6.04 Å². The van der Waals surface area contributed by atoms with E-state index in [1.165, 1.54) is 6.92 Å². The fraction of sp³-hybridized carbons (Fsp3) is 0.250. The van der Waals surface area contributed by atoms with Crippen molar-refractivity contribution in [1.82, 2.24) is 10.2 Å². The van der Waals surface area contributed by atoms with Crippen LogP contribution in [0.15, 0.2) is 41.6 Å². The van der Waals surface area contributed by atoms with Crippen molar-refractivity contribution < 1.29 is 24.3 Å². The maximum atomic E-state index is 12.2. The molecule has 1 aliphatic heterocycles. The van der Waals surface area contributed by atoms with Crippen molar-refractivity contribution in [2.45, 2.75) is 19.0 Å². The first-order valence-electron chi connectivity index (χ1n) is 7.32. The molecule has 1 atom stereocenters. The van der Waals surface area contributed by atoms with E-state index < -0.39 is 41.5 Å². The summed E-state index contributed by atoms with van der Waals surface area (Å²) in [7, 11) is 0. The summed E-state index contributed by atoms with van der Waals surface area (Å²) in [6, 6.07) is 5.95. The number of imide groups is 1. The number of carbonyl (C=O) groups excluding carboxylic acids is 3. The lowest BCUT2D eigenvalue weighted by molar-refractivity contribution is -0.163. The minimum atomic E-state index is -1.44. The number of hydrogen-bond donors (Lipinski definition) is 4. The second-order valence-corrected chi connectivity index (χ2v) is 5.75. The van der Waals surface area contributed by atoms with Crippen LogP contribution in [0.5, 0.6) is 0 Å². The van der Waals surface area contributed by atoms with E-state index in [0.717, 1.165) is 0 Å². The Morgan fingerprint density at radius 2 is 1.84 bits per heavy atom. The summed E-state index contributed by atoms with van der Waals surface area (Å²) >= 11 is 3.95. The molecule has 0 aromatic heterocycles. The molecule has 1 aromatic rings. The van der Waals surface area contributed by atoms with Gasteiger partial charge in [-0.3, -0.25) is 14.4 Å². The molecule has 1 fully saturated rings. The molecule has 0 radical (unpaired) electrons. The van der Waals surface area contributed by atoms with Crippen LogP contribution < -0.4 is 11.1 Å². The number of β-lactam (4-membered cyclic amide) rings is 2. The number of aliphatic carboxylic acids is 1. The molecule has 2 rings (SSSR count). The number of carboxylic acids is 1. The van der Waals surface area contributed by atoms with Crippen LogP contribution in [0.1, 0.15) is 18.5 Å². The zero-order valence-electron chi connectivity index (χ0n) is 13.3. The lowest BCUT2D eigenvalue weighted by Crippen LogP contribution is -2.68. The van der Waals surface area contributed by atoms with Gasteiger partial charge < -0.3 is 16.2 Å². The standard InChI is InChI=1S/C16H17N3O5S/c1-8(7-25)12(16(23)24)19-14(21)11(15(19)22)18-13(20)10(17)9-5-3-2-4-6-9/h2-6,10-11,25H,7,17H2,1H3,(H,18,20)(H,23,24)/t10-/m1/s1. The molecule has 0 bridgehead atoms. The summed E-state index contributed by atoms with van der Waals surface area (Å²) in [4.78, 5) is 48.3. The van der Waals surface area contributed by atoms with Crippen molar-refractivity contribution in [2.24, 2.45) is 5.73 Å². The number of benzene rings is 1. The first-order chi connectivity index (χ1) is 11.8. The number of nitrogens with zero attached hydrogens (tertiary/aromatic N) is 1. The number of likely N-dealkylation sites (tertiary alicyclic amines) is 1. The Hall–Kier alpha value is -2.65. The second kappa shape index (κ2) is 7.49. The first-order valence-corrected chi connectivity index (χ1v) is 7.95. The molecule has 8 nitrogen and oxygen atoms in total. The number of thiol groups is 1. The third-order valence-electron chi connectivity index (χ3n) is 3.73. The van der Waals surface area contributed by atoms with Crippen LogP contribution in [0.25, 0.3) is 0 Å². The number of carboxylic acid groups (broad SMARTS) is 1. The van der Waals surface area contributed by atoms with E-state index in [2.05, 4.69) is 17.9 Å². The average molecular weight is 363 g/mol. The number of carbonyl (C=O) groups is 4. The van der Waals surface area contributed by atoms with E-state index in [0.29, 0.717) is 10.5 Å².